The Bertz CT molecular complexity index is 565. The molecule has 4 fully saturated rings. The van der Waals surface area contributed by atoms with Crippen LogP contribution in [0.2, 0.25) is 0 Å². The minimum absolute atomic E-state index is 0.121. The molecule has 0 aromatic heterocycles. The average Bonchev–Trinajstić information content (AvgIpc) is 3.01. The lowest BCUT2D eigenvalue weighted by atomic mass is 9.45. The van der Waals surface area contributed by atoms with E-state index in [-0.39, 0.29) is 42.0 Å². The summed E-state index contributed by atoms with van der Waals surface area (Å²) in [5, 5.41) is 41.2. The van der Waals surface area contributed by atoms with Crippen LogP contribution < -0.4 is 0 Å². The van der Waals surface area contributed by atoms with Crippen LogP contribution in [0.5, 0.6) is 0 Å². The molecule has 0 amide bonds. The summed E-state index contributed by atoms with van der Waals surface area (Å²) >= 11 is 0. The number of fused-ring (bicyclic) bond motifs is 5. The Labute approximate surface area is 162 Å². The predicted molar refractivity (Wildman–Crippen MR) is 101 cm³/mol. The molecule has 27 heavy (non-hydrogen) atoms. The van der Waals surface area contributed by atoms with Gasteiger partial charge in [-0.2, -0.15) is 0 Å². The maximum absolute atomic E-state index is 11.1. The molecule has 154 valence electrons. The molecule has 4 aliphatic rings. The standard InChI is InChI=1S/C22H36O5/c1-22-8-7-14(23)9-13(22)10-17(24)21-15-6-5-12(3-2-4-19(26)27)20(15)18(25)11-16(21)22/h12-18,20-21,23-25H,2-11H2,1H3,(H,26,27)/t12-,13-,14+,15?,16?,17+,18-,20?,21?,22-/m0/s1. The molecule has 10 atom stereocenters. The molecule has 4 N–H and O–H groups in total. The fourth-order valence-electron chi connectivity index (χ4n) is 7.88. The van der Waals surface area contributed by atoms with E-state index in [0.717, 1.165) is 51.4 Å². The van der Waals surface area contributed by atoms with Gasteiger partial charge in [0.2, 0.25) is 0 Å². The first-order valence-electron chi connectivity index (χ1n) is 11.1. The lowest BCUT2D eigenvalue weighted by molar-refractivity contribution is -0.180. The third-order valence-electron chi connectivity index (χ3n) is 9.10. The van der Waals surface area contributed by atoms with E-state index in [4.69, 9.17) is 5.11 Å². The van der Waals surface area contributed by atoms with E-state index in [9.17, 15) is 20.1 Å². The summed E-state index contributed by atoms with van der Waals surface area (Å²) in [5.74, 6) is 1.21. The van der Waals surface area contributed by atoms with Crippen molar-refractivity contribution < 1.29 is 25.2 Å². The Morgan fingerprint density at radius 1 is 1.00 bits per heavy atom. The summed E-state index contributed by atoms with van der Waals surface area (Å²) in [6.45, 7) is 2.35. The lowest BCUT2D eigenvalue weighted by Crippen LogP contribution is -2.59. The van der Waals surface area contributed by atoms with Crippen LogP contribution in [0.25, 0.3) is 0 Å². The van der Waals surface area contributed by atoms with Gasteiger partial charge < -0.3 is 20.4 Å². The molecule has 0 heterocycles. The first-order chi connectivity index (χ1) is 12.8. The van der Waals surface area contributed by atoms with Crippen LogP contribution in [-0.2, 0) is 4.79 Å². The molecule has 5 nitrogen and oxygen atoms in total. The second-order valence-electron chi connectivity index (χ2n) is 10.3. The molecule has 0 bridgehead atoms. The van der Waals surface area contributed by atoms with E-state index < -0.39 is 5.97 Å². The minimum atomic E-state index is -0.741. The summed E-state index contributed by atoms with van der Waals surface area (Å²) < 4.78 is 0. The molecule has 4 unspecified atom stereocenters. The number of aliphatic hydroxyl groups is 3. The van der Waals surface area contributed by atoms with Crippen LogP contribution in [0.3, 0.4) is 0 Å². The number of carboxylic acids is 1. The highest BCUT2D eigenvalue weighted by molar-refractivity contribution is 5.66. The van der Waals surface area contributed by atoms with Gasteiger partial charge in [0.05, 0.1) is 18.3 Å². The van der Waals surface area contributed by atoms with E-state index in [1.807, 2.05) is 0 Å². The molecular weight excluding hydrogens is 344 g/mol. The number of carboxylic acid groups (broad SMARTS) is 1. The first kappa shape index (κ1) is 19.7. The van der Waals surface area contributed by atoms with E-state index >= 15 is 0 Å². The predicted octanol–water partition coefficient (Wildman–Crippen LogP) is 2.81. The molecule has 4 rings (SSSR count). The third-order valence-corrected chi connectivity index (χ3v) is 9.10. The summed E-state index contributed by atoms with van der Waals surface area (Å²) in [6, 6.07) is 0. The Morgan fingerprint density at radius 2 is 1.74 bits per heavy atom. The molecule has 5 heteroatoms. The van der Waals surface area contributed by atoms with Crippen molar-refractivity contribution in [2.75, 3.05) is 0 Å². The number of rotatable bonds is 4. The second kappa shape index (κ2) is 7.31. The van der Waals surface area contributed by atoms with Gasteiger partial charge in [-0.15, -0.1) is 0 Å². The van der Waals surface area contributed by atoms with E-state index in [1.165, 1.54) is 0 Å². The zero-order valence-electron chi connectivity index (χ0n) is 16.5. The van der Waals surface area contributed by atoms with Crippen LogP contribution in [0, 0.1) is 40.9 Å². The molecule has 0 aliphatic heterocycles. The summed E-state index contributed by atoms with van der Waals surface area (Å²) in [7, 11) is 0. The van der Waals surface area contributed by atoms with Crippen LogP contribution in [0.4, 0.5) is 0 Å². The molecule has 0 aromatic carbocycles. The summed E-state index contributed by atoms with van der Waals surface area (Å²) in [4.78, 5) is 10.8. The van der Waals surface area contributed by atoms with Gasteiger partial charge in [-0.3, -0.25) is 4.79 Å². The highest BCUT2D eigenvalue weighted by Crippen LogP contribution is 2.64. The van der Waals surface area contributed by atoms with Crippen LogP contribution >= 0.6 is 0 Å². The Kier molecular flexibility index (Phi) is 5.32. The molecule has 0 radical (unpaired) electrons. The molecule has 0 aromatic rings. The summed E-state index contributed by atoms with van der Waals surface area (Å²) in [5.41, 5.74) is 0.121. The van der Waals surface area contributed by atoms with Crippen molar-refractivity contribution in [1.82, 2.24) is 0 Å². The van der Waals surface area contributed by atoms with Crippen molar-refractivity contribution in [3.05, 3.63) is 0 Å². The van der Waals surface area contributed by atoms with Crippen LogP contribution in [0.1, 0.15) is 71.1 Å². The molecule has 4 saturated carbocycles. The number of aliphatic hydroxyl groups excluding tert-OH is 3. The van der Waals surface area contributed by atoms with Gasteiger partial charge in [0.15, 0.2) is 0 Å². The van der Waals surface area contributed by atoms with E-state index in [0.29, 0.717) is 30.1 Å². The van der Waals surface area contributed by atoms with Crippen molar-refractivity contribution in [3.8, 4) is 0 Å². The summed E-state index contributed by atoms with van der Waals surface area (Å²) in [6.07, 6.45) is 7.18. The van der Waals surface area contributed by atoms with Crippen LogP contribution in [0.15, 0.2) is 0 Å². The monoisotopic (exact) mass is 380 g/mol. The normalized spacial score (nSPS) is 51.9. The fourth-order valence-corrected chi connectivity index (χ4v) is 7.88. The van der Waals surface area contributed by atoms with E-state index in [2.05, 4.69) is 6.92 Å². The zero-order valence-corrected chi connectivity index (χ0v) is 16.5. The quantitative estimate of drug-likeness (QED) is 0.601. The zero-order chi connectivity index (χ0) is 19.3. The first-order valence-corrected chi connectivity index (χ1v) is 11.1. The molecule has 4 aliphatic carbocycles. The Morgan fingerprint density at radius 3 is 2.48 bits per heavy atom. The molecule has 0 spiro atoms. The van der Waals surface area contributed by atoms with Gasteiger partial charge >= 0.3 is 5.97 Å². The number of carbonyl (C=O) groups is 1. The maximum Gasteiger partial charge on any atom is 0.303 e. The van der Waals surface area contributed by atoms with Crippen molar-refractivity contribution >= 4 is 5.97 Å². The topological polar surface area (TPSA) is 98.0 Å². The Hall–Kier alpha value is -0.650. The average molecular weight is 381 g/mol. The smallest absolute Gasteiger partial charge is 0.303 e. The van der Waals surface area contributed by atoms with Gasteiger partial charge in [0.25, 0.3) is 0 Å². The van der Waals surface area contributed by atoms with Gasteiger partial charge in [-0.25, -0.2) is 0 Å². The highest BCUT2D eigenvalue weighted by Gasteiger charge is 2.61. The molecular formula is C22H36O5. The van der Waals surface area contributed by atoms with Crippen molar-refractivity contribution in [2.24, 2.45) is 40.9 Å². The largest absolute Gasteiger partial charge is 0.481 e. The minimum Gasteiger partial charge on any atom is -0.481 e. The lowest BCUT2D eigenvalue weighted by Gasteiger charge is -2.61. The maximum atomic E-state index is 11.1. The van der Waals surface area contributed by atoms with Gasteiger partial charge in [0.1, 0.15) is 0 Å². The van der Waals surface area contributed by atoms with E-state index in [1.54, 1.807) is 0 Å². The second-order valence-corrected chi connectivity index (χ2v) is 10.3. The third kappa shape index (κ3) is 3.34. The van der Waals surface area contributed by atoms with Gasteiger partial charge in [0, 0.05) is 6.42 Å². The number of hydrogen-bond acceptors (Lipinski definition) is 4. The van der Waals surface area contributed by atoms with Crippen molar-refractivity contribution in [1.29, 1.82) is 0 Å². The molecule has 0 saturated heterocycles. The number of aliphatic carboxylic acids is 1. The highest BCUT2D eigenvalue weighted by atomic mass is 16.4. The SMILES string of the molecule is C[C@]12CC[C@@H](O)C[C@H]1C[C@@H](O)C1C3CC[C@H](CCCC(=O)O)C3[C@@H](O)CC12. The number of hydrogen-bond donors (Lipinski definition) is 4. The van der Waals surface area contributed by atoms with Crippen LogP contribution in [-0.4, -0.2) is 44.7 Å². The van der Waals surface area contributed by atoms with Crippen molar-refractivity contribution in [2.45, 2.75) is 89.4 Å². The Balaban J connectivity index is 1.52. The van der Waals surface area contributed by atoms with Crippen molar-refractivity contribution in [3.63, 3.8) is 0 Å². The van der Waals surface area contributed by atoms with Gasteiger partial charge in [-0.1, -0.05) is 6.92 Å². The van der Waals surface area contributed by atoms with Gasteiger partial charge in [-0.05, 0) is 98.7 Å². The fraction of sp³-hybridized carbons (Fsp3) is 0.955.